The summed E-state index contributed by atoms with van der Waals surface area (Å²) in [5, 5.41) is 4.02. The van der Waals surface area contributed by atoms with Crippen molar-refractivity contribution >= 4 is 54.5 Å². The Kier molecular flexibility index (Phi) is 6.84. The van der Waals surface area contributed by atoms with Crippen LogP contribution in [0.3, 0.4) is 0 Å². The van der Waals surface area contributed by atoms with Gasteiger partial charge in [0.15, 0.2) is 5.13 Å². The van der Waals surface area contributed by atoms with Gasteiger partial charge in [-0.15, -0.1) is 0 Å². The van der Waals surface area contributed by atoms with Gasteiger partial charge in [0.05, 0.1) is 22.9 Å². The number of halogens is 1. The Morgan fingerprint density at radius 2 is 1.81 bits per heavy atom. The first-order chi connectivity index (χ1) is 15.0. The monoisotopic (exact) mass is 502 g/mol. The molecule has 1 aliphatic rings. The van der Waals surface area contributed by atoms with E-state index in [4.69, 9.17) is 4.98 Å². The van der Waals surface area contributed by atoms with Crippen LogP contribution in [0.15, 0.2) is 46.9 Å². The van der Waals surface area contributed by atoms with Crippen molar-refractivity contribution in [2.75, 3.05) is 51.3 Å². The third kappa shape index (κ3) is 5.23. The zero-order valence-corrected chi connectivity index (χ0v) is 19.5. The van der Waals surface area contributed by atoms with Crippen LogP contribution in [0, 0.1) is 0 Å². The first-order valence-corrected chi connectivity index (χ1v) is 11.6. The van der Waals surface area contributed by atoms with E-state index in [0.717, 1.165) is 47.8 Å². The summed E-state index contributed by atoms with van der Waals surface area (Å²) in [6.45, 7) is 5.08. The summed E-state index contributed by atoms with van der Waals surface area (Å²) in [5.41, 5.74) is 1.99. The van der Waals surface area contributed by atoms with Crippen molar-refractivity contribution in [1.29, 1.82) is 0 Å². The van der Waals surface area contributed by atoms with Crippen molar-refractivity contribution < 1.29 is 14.3 Å². The average Bonchev–Trinajstić information content (AvgIpc) is 3.22. The highest BCUT2D eigenvalue weighted by atomic mass is 79.9. The van der Waals surface area contributed by atoms with Gasteiger partial charge in [-0.25, -0.2) is 9.78 Å². The number of benzene rings is 2. The smallest absolute Gasteiger partial charge is 0.337 e. The Balaban J connectivity index is 1.23. The van der Waals surface area contributed by atoms with Gasteiger partial charge in [0.1, 0.15) is 0 Å². The van der Waals surface area contributed by atoms with Crippen molar-refractivity contribution in [3.63, 3.8) is 0 Å². The maximum absolute atomic E-state index is 12.3. The predicted molar refractivity (Wildman–Crippen MR) is 126 cm³/mol. The molecule has 0 radical (unpaired) electrons. The van der Waals surface area contributed by atoms with Crippen molar-refractivity contribution in [3.8, 4) is 0 Å². The number of thiazole rings is 1. The van der Waals surface area contributed by atoms with Gasteiger partial charge < -0.3 is 15.0 Å². The second-order valence-electron chi connectivity index (χ2n) is 7.26. The number of rotatable bonds is 6. The number of esters is 1. The van der Waals surface area contributed by atoms with E-state index >= 15 is 0 Å². The number of nitrogens with one attached hydrogen (secondary N) is 1. The molecule has 1 N–H and O–H groups in total. The molecule has 0 saturated carbocycles. The van der Waals surface area contributed by atoms with Gasteiger partial charge in [0, 0.05) is 49.3 Å². The van der Waals surface area contributed by atoms with Gasteiger partial charge in [-0.05, 0) is 42.5 Å². The standard InChI is InChI=1S/C22H23BrN4O3S/c1-30-21(29)16-4-2-15(3-5-16)20(28)24-8-9-26-10-12-27(13-11-26)22-25-18-7-6-17(23)14-19(18)31-22/h2-7,14H,8-13H2,1H3,(H,24,28). The van der Waals surface area contributed by atoms with Crippen LogP contribution < -0.4 is 10.2 Å². The Hall–Kier alpha value is -2.49. The topological polar surface area (TPSA) is 74.8 Å². The van der Waals surface area contributed by atoms with E-state index < -0.39 is 5.97 Å². The van der Waals surface area contributed by atoms with Crippen molar-refractivity contribution in [2.45, 2.75) is 0 Å². The summed E-state index contributed by atoms with van der Waals surface area (Å²) in [7, 11) is 1.33. The lowest BCUT2D eigenvalue weighted by Crippen LogP contribution is -2.48. The molecule has 1 aromatic heterocycles. The van der Waals surface area contributed by atoms with Crippen LogP contribution in [0.4, 0.5) is 5.13 Å². The Labute approximate surface area is 193 Å². The first kappa shape index (κ1) is 21.7. The third-order valence-corrected chi connectivity index (χ3v) is 6.84. The van der Waals surface area contributed by atoms with E-state index in [-0.39, 0.29) is 5.91 Å². The Bertz CT molecular complexity index is 1080. The van der Waals surface area contributed by atoms with Gasteiger partial charge in [-0.2, -0.15) is 0 Å². The average molecular weight is 503 g/mol. The number of fused-ring (bicyclic) bond motifs is 1. The molecule has 0 spiro atoms. The minimum atomic E-state index is -0.412. The van der Waals surface area contributed by atoms with Crippen LogP contribution in [0.5, 0.6) is 0 Å². The highest BCUT2D eigenvalue weighted by Crippen LogP contribution is 2.31. The minimum Gasteiger partial charge on any atom is -0.465 e. The Morgan fingerprint density at radius 3 is 2.52 bits per heavy atom. The van der Waals surface area contributed by atoms with E-state index in [1.54, 1.807) is 35.6 Å². The molecule has 162 valence electrons. The highest BCUT2D eigenvalue weighted by molar-refractivity contribution is 9.10. The van der Waals surface area contributed by atoms with Crippen LogP contribution in [-0.4, -0.2) is 68.1 Å². The summed E-state index contributed by atoms with van der Waals surface area (Å²) >= 11 is 5.24. The van der Waals surface area contributed by atoms with Crippen LogP contribution in [0.25, 0.3) is 10.2 Å². The molecule has 1 saturated heterocycles. The number of carbonyl (C=O) groups is 2. The van der Waals surface area contributed by atoms with Gasteiger partial charge in [-0.3, -0.25) is 9.69 Å². The molecule has 1 aliphatic heterocycles. The number of aromatic nitrogens is 1. The fourth-order valence-corrected chi connectivity index (χ4v) is 5.06. The first-order valence-electron chi connectivity index (χ1n) is 10.0. The van der Waals surface area contributed by atoms with E-state index in [9.17, 15) is 9.59 Å². The van der Waals surface area contributed by atoms with Crippen LogP contribution in [0.2, 0.25) is 0 Å². The van der Waals surface area contributed by atoms with E-state index in [1.165, 1.54) is 11.8 Å². The second-order valence-corrected chi connectivity index (χ2v) is 9.19. The largest absolute Gasteiger partial charge is 0.465 e. The molecule has 7 nitrogen and oxygen atoms in total. The van der Waals surface area contributed by atoms with Crippen molar-refractivity contribution in [1.82, 2.24) is 15.2 Å². The lowest BCUT2D eigenvalue weighted by molar-refractivity contribution is 0.0600. The molecule has 0 aliphatic carbocycles. The van der Waals surface area contributed by atoms with Crippen molar-refractivity contribution in [2.24, 2.45) is 0 Å². The molecule has 31 heavy (non-hydrogen) atoms. The summed E-state index contributed by atoms with van der Waals surface area (Å²) in [4.78, 5) is 33.2. The molecule has 1 fully saturated rings. The van der Waals surface area contributed by atoms with E-state index in [0.29, 0.717) is 17.7 Å². The van der Waals surface area contributed by atoms with E-state index in [2.05, 4.69) is 41.8 Å². The van der Waals surface area contributed by atoms with Gasteiger partial charge in [0.2, 0.25) is 0 Å². The molecule has 0 atom stereocenters. The van der Waals surface area contributed by atoms with Crippen molar-refractivity contribution in [3.05, 3.63) is 58.1 Å². The summed E-state index contributed by atoms with van der Waals surface area (Å²) < 4.78 is 6.93. The molecule has 2 heterocycles. The number of ether oxygens (including phenoxy) is 1. The quantitative estimate of drug-likeness (QED) is 0.520. The summed E-state index contributed by atoms with van der Waals surface area (Å²) in [6, 6.07) is 12.6. The molecular weight excluding hydrogens is 480 g/mol. The molecule has 2 aromatic carbocycles. The number of piperazine rings is 1. The molecule has 0 bridgehead atoms. The highest BCUT2D eigenvalue weighted by Gasteiger charge is 2.20. The maximum Gasteiger partial charge on any atom is 0.337 e. The van der Waals surface area contributed by atoms with E-state index in [1.807, 2.05) is 12.1 Å². The molecule has 9 heteroatoms. The molecule has 1 amide bonds. The Morgan fingerprint density at radius 1 is 1.10 bits per heavy atom. The predicted octanol–water partition coefficient (Wildman–Crippen LogP) is 3.40. The fourth-order valence-electron chi connectivity index (χ4n) is 3.49. The van der Waals surface area contributed by atoms with Gasteiger partial charge >= 0.3 is 5.97 Å². The lowest BCUT2D eigenvalue weighted by Gasteiger charge is -2.34. The van der Waals surface area contributed by atoms with Crippen LogP contribution in [0.1, 0.15) is 20.7 Å². The number of hydrogen-bond donors (Lipinski definition) is 1. The zero-order chi connectivity index (χ0) is 21.8. The number of methoxy groups -OCH3 is 1. The second kappa shape index (κ2) is 9.76. The fraction of sp³-hybridized carbons (Fsp3) is 0.318. The summed E-state index contributed by atoms with van der Waals surface area (Å²) in [5.74, 6) is -0.555. The SMILES string of the molecule is COC(=O)c1ccc(C(=O)NCCN2CCN(c3nc4ccc(Br)cc4s3)CC2)cc1. The third-order valence-electron chi connectivity index (χ3n) is 5.26. The number of anilines is 1. The number of amides is 1. The number of carbonyl (C=O) groups excluding carboxylic acids is 2. The minimum absolute atomic E-state index is 0.143. The van der Waals surface area contributed by atoms with Gasteiger partial charge in [0.25, 0.3) is 5.91 Å². The number of hydrogen-bond acceptors (Lipinski definition) is 7. The maximum atomic E-state index is 12.3. The lowest BCUT2D eigenvalue weighted by atomic mass is 10.1. The van der Waals surface area contributed by atoms with Gasteiger partial charge in [-0.1, -0.05) is 27.3 Å². The summed E-state index contributed by atoms with van der Waals surface area (Å²) in [6.07, 6.45) is 0. The zero-order valence-electron chi connectivity index (χ0n) is 17.1. The number of nitrogens with zero attached hydrogens (tertiary/aromatic N) is 3. The van der Waals surface area contributed by atoms with Crippen LogP contribution in [-0.2, 0) is 4.74 Å². The molecule has 4 rings (SSSR count). The normalized spacial score (nSPS) is 14.6. The molecule has 3 aromatic rings. The van der Waals surface area contributed by atoms with Crippen LogP contribution >= 0.6 is 27.3 Å². The molecule has 0 unspecified atom stereocenters. The molecular formula is C22H23BrN4O3S.